The van der Waals surface area contributed by atoms with E-state index in [9.17, 15) is 14.9 Å². The quantitative estimate of drug-likeness (QED) is 0.540. The molecule has 2 aromatic carbocycles. The maximum Gasteiger partial charge on any atom is 0.274 e. The van der Waals surface area contributed by atoms with Gasteiger partial charge in [0, 0.05) is 34.1 Å². The summed E-state index contributed by atoms with van der Waals surface area (Å²) in [6, 6.07) is 10.2. The molecular weight excluding hydrogens is 401 g/mol. The van der Waals surface area contributed by atoms with Crippen LogP contribution >= 0.6 is 23.2 Å². The van der Waals surface area contributed by atoms with Crippen LogP contribution in [0.4, 0.5) is 11.4 Å². The summed E-state index contributed by atoms with van der Waals surface area (Å²) in [7, 11) is 0. The number of carbonyl (C=O) groups excluding carboxylic acids is 1. The van der Waals surface area contributed by atoms with E-state index in [4.69, 9.17) is 23.2 Å². The van der Waals surface area contributed by atoms with E-state index in [0.29, 0.717) is 40.7 Å². The first-order valence-corrected chi connectivity index (χ1v) is 9.82. The zero-order valence-electron chi connectivity index (χ0n) is 15.5. The summed E-state index contributed by atoms with van der Waals surface area (Å²) in [6.45, 7) is 3.81. The van der Waals surface area contributed by atoms with Gasteiger partial charge in [0.1, 0.15) is 0 Å². The van der Waals surface area contributed by atoms with Crippen molar-refractivity contribution in [2.75, 3.05) is 18.4 Å². The molecule has 0 spiro atoms. The molecule has 1 saturated heterocycles. The van der Waals surface area contributed by atoms with E-state index < -0.39 is 4.92 Å². The lowest BCUT2D eigenvalue weighted by molar-refractivity contribution is -0.385. The second kappa shape index (κ2) is 8.90. The molecule has 148 valence electrons. The highest BCUT2D eigenvalue weighted by Crippen LogP contribution is 2.29. The van der Waals surface area contributed by atoms with Gasteiger partial charge in [-0.25, -0.2) is 0 Å². The minimum absolute atomic E-state index is 0.00392. The summed E-state index contributed by atoms with van der Waals surface area (Å²) < 4.78 is 0. The van der Waals surface area contributed by atoms with E-state index in [0.717, 1.165) is 18.7 Å². The molecule has 0 unspecified atom stereocenters. The number of hydrogen-bond acceptors (Lipinski definition) is 4. The molecule has 1 aliphatic rings. The molecule has 0 radical (unpaired) electrons. The van der Waals surface area contributed by atoms with Crippen LogP contribution in [-0.4, -0.2) is 28.8 Å². The maximum atomic E-state index is 12.6. The SMILES string of the molecule is Cc1c(NC(=O)C2CCN(Cc3c(Cl)cccc3Cl)CC2)cccc1[N+](=O)[O-]. The van der Waals surface area contributed by atoms with Gasteiger partial charge in [0.25, 0.3) is 5.69 Å². The number of amides is 1. The summed E-state index contributed by atoms with van der Waals surface area (Å²) in [4.78, 5) is 25.5. The van der Waals surface area contributed by atoms with Crippen LogP contribution in [-0.2, 0) is 11.3 Å². The molecule has 3 rings (SSSR count). The Balaban J connectivity index is 1.59. The molecule has 0 aromatic heterocycles. The molecule has 1 N–H and O–H groups in total. The van der Waals surface area contributed by atoms with Gasteiger partial charge in [-0.2, -0.15) is 0 Å². The smallest absolute Gasteiger partial charge is 0.274 e. The Kier molecular flexibility index (Phi) is 6.54. The Hall–Kier alpha value is -2.15. The highest BCUT2D eigenvalue weighted by Gasteiger charge is 2.26. The predicted octanol–water partition coefficient (Wildman–Crippen LogP) is 5.06. The highest BCUT2D eigenvalue weighted by molar-refractivity contribution is 6.35. The highest BCUT2D eigenvalue weighted by atomic mass is 35.5. The first-order valence-electron chi connectivity index (χ1n) is 9.07. The molecule has 1 amide bonds. The van der Waals surface area contributed by atoms with Crippen molar-refractivity contribution < 1.29 is 9.72 Å². The number of likely N-dealkylation sites (tertiary alicyclic amines) is 1. The van der Waals surface area contributed by atoms with Crippen molar-refractivity contribution in [3.63, 3.8) is 0 Å². The molecule has 0 aliphatic carbocycles. The van der Waals surface area contributed by atoms with Gasteiger partial charge in [-0.15, -0.1) is 0 Å². The van der Waals surface area contributed by atoms with Gasteiger partial charge in [-0.1, -0.05) is 35.3 Å². The minimum Gasteiger partial charge on any atom is -0.325 e. The zero-order chi connectivity index (χ0) is 20.3. The number of nitrogens with one attached hydrogen (secondary N) is 1. The zero-order valence-corrected chi connectivity index (χ0v) is 17.0. The summed E-state index contributed by atoms with van der Waals surface area (Å²) in [5.41, 5.74) is 1.86. The molecular formula is C20H21Cl2N3O3. The first kappa shape index (κ1) is 20.6. The Bertz CT molecular complexity index is 876. The molecule has 0 atom stereocenters. The van der Waals surface area contributed by atoms with Crippen LogP contribution in [0.15, 0.2) is 36.4 Å². The number of nitro benzene ring substituents is 1. The van der Waals surface area contributed by atoms with E-state index in [2.05, 4.69) is 10.2 Å². The summed E-state index contributed by atoms with van der Waals surface area (Å²) in [5.74, 6) is -0.226. The number of nitro groups is 1. The topological polar surface area (TPSA) is 75.5 Å². The third-order valence-electron chi connectivity index (χ3n) is 5.16. The van der Waals surface area contributed by atoms with E-state index in [1.54, 1.807) is 19.1 Å². The Morgan fingerprint density at radius 2 is 1.79 bits per heavy atom. The lowest BCUT2D eigenvalue weighted by atomic mass is 9.95. The fraction of sp³-hybridized carbons (Fsp3) is 0.350. The monoisotopic (exact) mass is 421 g/mol. The van der Waals surface area contributed by atoms with Crippen LogP contribution in [0.25, 0.3) is 0 Å². The van der Waals surface area contributed by atoms with Crippen molar-refractivity contribution in [2.45, 2.75) is 26.3 Å². The number of nitrogens with zero attached hydrogens (tertiary/aromatic N) is 2. The molecule has 1 heterocycles. The molecule has 0 saturated carbocycles. The Labute approximate surface area is 173 Å². The van der Waals surface area contributed by atoms with Crippen LogP contribution in [0, 0.1) is 23.0 Å². The number of rotatable bonds is 5. The van der Waals surface area contributed by atoms with Gasteiger partial charge in [0.15, 0.2) is 0 Å². The summed E-state index contributed by atoms with van der Waals surface area (Å²) in [6.07, 6.45) is 1.42. The van der Waals surface area contributed by atoms with E-state index in [1.807, 2.05) is 18.2 Å². The van der Waals surface area contributed by atoms with Gasteiger partial charge in [-0.05, 0) is 51.1 Å². The van der Waals surface area contributed by atoms with E-state index in [1.165, 1.54) is 6.07 Å². The normalized spacial score (nSPS) is 15.4. The first-order chi connectivity index (χ1) is 13.4. The number of hydrogen-bond donors (Lipinski definition) is 1. The second-order valence-corrected chi connectivity index (χ2v) is 7.76. The molecule has 6 nitrogen and oxygen atoms in total. The number of carbonyl (C=O) groups is 1. The third kappa shape index (κ3) is 4.63. The summed E-state index contributed by atoms with van der Waals surface area (Å²) in [5, 5.41) is 15.2. The van der Waals surface area contributed by atoms with Crippen molar-refractivity contribution in [3.8, 4) is 0 Å². The number of halogens is 2. The van der Waals surface area contributed by atoms with E-state index >= 15 is 0 Å². The lowest BCUT2D eigenvalue weighted by Crippen LogP contribution is -2.38. The molecule has 8 heteroatoms. The van der Waals surface area contributed by atoms with Gasteiger partial charge in [-0.3, -0.25) is 19.8 Å². The maximum absolute atomic E-state index is 12.6. The van der Waals surface area contributed by atoms with Crippen LogP contribution < -0.4 is 5.32 Å². The minimum atomic E-state index is -0.441. The van der Waals surface area contributed by atoms with Gasteiger partial charge in [0.05, 0.1) is 16.2 Å². The number of anilines is 1. The molecule has 0 bridgehead atoms. The van der Waals surface area contributed by atoms with Gasteiger partial charge < -0.3 is 5.32 Å². The molecule has 28 heavy (non-hydrogen) atoms. The average molecular weight is 422 g/mol. The third-order valence-corrected chi connectivity index (χ3v) is 5.87. The fourth-order valence-corrected chi connectivity index (χ4v) is 3.97. The van der Waals surface area contributed by atoms with Gasteiger partial charge >= 0.3 is 0 Å². The average Bonchev–Trinajstić information content (AvgIpc) is 2.66. The molecule has 1 aliphatic heterocycles. The number of piperidine rings is 1. The van der Waals surface area contributed by atoms with Crippen molar-refractivity contribution in [3.05, 3.63) is 67.7 Å². The van der Waals surface area contributed by atoms with Crippen molar-refractivity contribution in [1.29, 1.82) is 0 Å². The van der Waals surface area contributed by atoms with Crippen molar-refractivity contribution in [1.82, 2.24) is 4.90 Å². The predicted molar refractivity (Wildman–Crippen MR) is 111 cm³/mol. The van der Waals surface area contributed by atoms with Gasteiger partial charge in [0.2, 0.25) is 5.91 Å². The molecule has 2 aromatic rings. The van der Waals surface area contributed by atoms with Crippen LogP contribution in [0.1, 0.15) is 24.0 Å². The summed E-state index contributed by atoms with van der Waals surface area (Å²) >= 11 is 12.5. The van der Waals surface area contributed by atoms with Crippen molar-refractivity contribution >= 4 is 40.5 Å². The van der Waals surface area contributed by atoms with Crippen LogP contribution in [0.3, 0.4) is 0 Å². The van der Waals surface area contributed by atoms with E-state index in [-0.39, 0.29) is 17.5 Å². The Morgan fingerprint density at radius 1 is 1.18 bits per heavy atom. The number of benzene rings is 2. The van der Waals surface area contributed by atoms with Crippen LogP contribution in [0.5, 0.6) is 0 Å². The second-order valence-electron chi connectivity index (χ2n) is 6.95. The van der Waals surface area contributed by atoms with Crippen molar-refractivity contribution in [2.24, 2.45) is 5.92 Å². The van der Waals surface area contributed by atoms with Crippen LogP contribution in [0.2, 0.25) is 10.0 Å². The lowest BCUT2D eigenvalue weighted by Gasteiger charge is -2.31. The standard InChI is InChI=1S/C20H21Cl2N3O3/c1-13-18(6-3-7-19(13)25(27)28)23-20(26)14-8-10-24(11-9-14)12-15-16(21)4-2-5-17(15)22/h2-7,14H,8-12H2,1H3,(H,23,26). The largest absolute Gasteiger partial charge is 0.325 e. The Morgan fingerprint density at radius 3 is 2.39 bits per heavy atom. The molecule has 1 fully saturated rings. The fourth-order valence-electron chi connectivity index (χ4n) is 3.45.